The zero-order chi connectivity index (χ0) is 15.4. The minimum atomic E-state index is -0.0960. The van der Waals surface area contributed by atoms with Crippen LogP contribution >= 0.6 is 0 Å². The van der Waals surface area contributed by atoms with E-state index in [-0.39, 0.29) is 12.3 Å². The van der Waals surface area contributed by atoms with E-state index in [0.29, 0.717) is 17.1 Å². The minimum Gasteiger partial charge on any atom is -0.497 e. The van der Waals surface area contributed by atoms with Crippen molar-refractivity contribution >= 4 is 5.78 Å². The third-order valence-corrected chi connectivity index (χ3v) is 3.09. The number of methoxy groups -OCH3 is 1. The van der Waals surface area contributed by atoms with Crippen LogP contribution in [0.15, 0.2) is 48.8 Å². The molecule has 7 nitrogen and oxygen atoms in total. The topological polar surface area (TPSA) is 82.8 Å². The van der Waals surface area contributed by atoms with Gasteiger partial charge in [0.25, 0.3) is 0 Å². The Labute approximate surface area is 126 Å². The van der Waals surface area contributed by atoms with Crippen molar-refractivity contribution in [1.29, 1.82) is 0 Å². The van der Waals surface area contributed by atoms with Gasteiger partial charge in [0.1, 0.15) is 12.3 Å². The van der Waals surface area contributed by atoms with E-state index in [9.17, 15) is 4.79 Å². The van der Waals surface area contributed by atoms with Gasteiger partial charge in [-0.2, -0.15) is 4.80 Å². The van der Waals surface area contributed by atoms with Crippen molar-refractivity contribution in [3.8, 4) is 17.1 Å². The molecule has 0 N–H and O–H groups in total. The van der Waals surface area contributed by atoms with Crippen molar-refractivity contribution in [2.75, 3.05) is 7.11 Å². The summed E-state index contributed by atoms with van der Waals surface area (Å²) in [6, 6.07) is 10.5. The van der Waals surface area contributed by atoms with Gasteiger partial charge in [-0.25, -0.2) is 0 Å². The van der Waals surface area contributed by atoms with Crippen LogP contribution in [0.25, 0.3) is 11.4 Å². The number of carbonyl (C=O) groups is 1. The quantitative estimate of drug-likeness (QED) is 0.665. The zero-order valence-corrected chi connectivity index (χ0v) is 11.9. The number of hydrogen-bond donors (Lipinski definition) is 0. The Morgan fingerprint density at radius 3 is 2.55 bits per heavy atom. The Morgan fingerprint density at radius 1 is 1.14 bits per heavy atom. The number of rotatable bonds is 5. The lowest BCUT2D eigenvalue weighted by molar-refractivity contribution is 0.0961. The molecule has 22 heavy (non-hydrogen) atoms. The van der Waals surface area contributed by atoms with Gasteiger partial charge in [-0.05, 0) is 41.6 Å². The molecule has 2 heterocycles. The molecular weight excluding hydrogens is 282 g/mol. The van der Waals surface area contributed by atoms with Crippen molar-refractivity contribution in [3.63, 3.8) is 0 Å². The van der Waals surface area contributed by atoms with Crippen molar-refractivity contribution in [1.82, 2.24) is 25.2 Å². The van der Waals surface area contributed by atoms with E-state index in [0.717, 1.165) is 5.56 Å². The molecule has 0 aliphatic carbocycles. The summed E-state index contributed by atoms with van der Waals surface area (Å²) in [4.78, 5) is 17.4. The van der Waals surface area contributed by atoms with Gasteiger partial charge in [0.2, 0.25) is 5.82 Å². The van der Waals surface area contributed by atoms with E-state index in [1.807, 2.05) is 0 Å². The lowest BCUT2D eigenvalue weighted by Gasteiger charge is -2.02. The molecule has 7 heteroatoms. The van der Waals surface area contributed by atoms with Crippen LogP contribution in [0, 0.1) is 0 Å². The van der Waals surface area contributed by atoms with E-state index in [4.69, 9.17) is 4.74 Å². The standard InChI is InChI=1S/C15H13N5O2/c1-22-13-4-2-11(3-5-13)14(21)10-20-18-15(17-19-20)12-6-8-16-9-7-12/h2-9H,10H2,1H3. The van der Waals surface area contributed by atoms with E-state index in [2.05, 4.69) is 20.4 Å². The smallest absolute Gasteiger partial charge is 0.205 e. The number of Topliss-reactive ketones (excluding diaryl/α,β-unsaturated/α-hetero) is 1. The molecule has 0 aliphatic heterocycles. The average molecular weight is 295 g/mol. The summed E-state index contributed by atoms with van der Waals surface area (Å²) in [7, 11) is 1.58. The van der Waals surface area contributed by atoms with Gasteiger partial charge in [0.15, 0.2) is 5.78 Å². The number of ketones is 1. The van der Waals surface area contributed by atoms with Gasteiger partial charge in [0, 0.05) is 23.5 Å². The lowest BCUT2D eigenvalue weighted by Crippen LogP contribution is -2.13. The van der Waals surface area contributed by atoms with Crippen molar-refractivity contribution in [2.45, 2.75) is 6.54 Å². The maximum atomic E-state index is 12.2. The highest BCUT2D eigenvalue weighted by molar-refractivity contribution is 5.95. The second-order valence-corrected chi connectivity index (χ2v) is 4.53. The van der Waals surface area contributed by atoms with Crippen molar-refractivity contribution in [2.24, 2.45) is 0 Å². The largest absolute Gasteiger partial charge is 0.497 e. The van der Waals surface area contributed by atoms with E-state index < -0.39 is 0 Å². The van der Waals surface area contributed by atoms with Gasteiger partial charge >= 0.3 is 0 Å². The maximum Gasteiger partial charge on any atom is 0.205 e. The fourth-order valence-electron chi connectivity index (χ4n) is 1.92. The van der Waals surface area contributed by atoms with Crippen LogP contribution in [0.1, 0.15) is 10.4 Å². The van der Waals surface area contributed by atoms with Crippen LogP contribution in [0.4, 0.5) is 0 Å². The average Bonchev–Trinajstić information content (AvgIpc) is 3.04. The molecule has 0 saturated carbocycles. The van der Waals surface area contributed by atoms with Gasteiger partial charge in [-0.1, -0.05) is 0 Å². The molecular formula is C15H13N5O2. The van der Waals surface area contributed by atoms with Crippen LogP contribution in [-0.4, -0.2) is 38.1 Å². The second-order valence-electron chi connectivity index (χ2n) is 4.53. The number of ether oxygens (including phenoxy) is 1. The fraction of sp³-hybridized carbons (Fsp3) is 0.133. The van der Waals surface area contributed by atoms with E-state index >= 15 is 0 Å². The first kappa shape index (κ1) is 13.9. The Hall–Kier alpha value is -3.09. The molecule has 0 fully saturated rings. The van der Waals surface area contributed by atoms with Crippen molar-refractivity contribution < 1.29 is 9.53 Å². The molecule has 0 unspecified atom stereocenters. The molecule has 0 saturated heterocycles. The monoisotopic (exact) mass is 295 g/mol. The molecule has 3 aromatic rings. The second kappa shape index (κ2) is 6.13. The highest BCUT2D eigenvalue weighted by Gasteiger charge is 2.11. The van der Waals surface area contributed by atoms with Crippen LogP contribution in [0.2, 0.25) is 0 Å². The summed E-state index contributed by atoms with van der Waals surface area (Å²) in [5, 5.41) is 12.0. The van der Waals surface area contributed by atoms with Gasteiger partial charge < -0.3 is 4.74 Å². The number of benzene rings is 1. The summed E-state index contributed by atoms with van der Waals surface area (Å²) >= 11 is 0. The normalized spacial score (nSPS) is 10.4. The molecule has 0 atom stereocenters. The van der Waals surface area contributed by atoms with E-state index in [1.54, 1.807) is 55.9 Å². The van der Waals surface area contributed by atoms with Gasteiger partial charge in [0.05, 0.1) is 7.11 Å². The number of hydrogen-bond acceptors (Lipinski definition) is 6. The van der Waals surface area contributed by atoms with E-state index in [1.165, 1.54) is 4.80 Å². The van der Waals surface area contributed by atoms with Gasteiger partial charge in [-0.3, -0.25) is 9.78 Å². The predicted octanol–water partition coefficient (Wildman–Crippen LogP) is 1.63. The minimum absolute atomic E-state index is 0.0322. The first-order valence-electron chi connectivity index (χ1n) is 6.62. The highest BCUT2D eigenvalue weighted by Crippen LogP contribution is 2.13. The molecule has 0 radical (unpaired) electrons. The maximum absolute atomic E-state index is 12.2. The molecule has 2 aromatic heterocycles. The third-order valence-electron chi connectivity index (χ3n) is 3.09. The number of pyridine rings is 1. The van der Waals surface area contributed by atoms with Crippen LogP contribution in [-0.2, 0) is 6.54 Å². The summed E-state index contributed by atoms with van der Waals surface area (Å²) in [6.07, 6.45) is 3.30. The molecule has 1 aromatic carbocycles. The predicted molar refractivity (Wildman–Crippen MR) is 78.4 cm³/mol. The summed E-state index contributed by atoms with van der Waals surface area (Å²) in [5.41, 5.74) is 1.38. The first-order chi connectivity index (χ1) is 10.8. The molecule has 0 aliphatic rings. The Bertz CT molecular complexity index is 768. The molecule has 0 amide bonds. The number of nitrogens with zero attached hydrogens (tertiary/aromatic N) is 5. The third kappa shape index (κ3) is 2.98. The number of aromatic nitrogens is 5. The number of tetrazole rings is 1. The summed E-state index contributed by atoms with van der Waals surface area (Å²) in [5.74, 6) is 1.07. The molecule has 0 bridgehead atoms. The first-order valence-corrected chi connectivity index (χ1v) is 6.62. The highest BCUT2D eigenvalue weighted by atomic mass is 16.5. The zero-order valence-electron chi connectivity index (χ0n) is 11.9. The Balaban J connectivity index is 1.73. The van der Waals surface area contributed by atoms with Crippen molar-refractivity contribution in [3.05, 3.63) is 54.4 Å². The number of carbonyl (C=O) groups excluding carboxylic acids is 1. The van der Waals surface area contributed by atoms with Crippen LogP contribution in [0.5, 0.6) is 5.75 Å². The van der Waals surface area contributed by atoms with Gasteiger partial charge in [-0.15, -0.1) is 10.2 Å². The molecule has 0 spiro atoms. The summed E-state index contributed by atoms with van der Waals surface area (Å²) in [6.45, 7) is 0.0322. The van der Waals surface area contributed by atoms with Crippen LogP contribution < -0.4 is 4.74 Å². The fourth-order valence-corrected chi connectivity index (χ4v) is 1.92. The van der Waals surface area contributed by atoms with Crippen LogP contribution in [0.3, 0.4) is 0 Å². The molecule has 110 valence electrons. The Morgan fingerprint density at radius 2 is 1.86 bits per heavy atom. The SMILES string of the molecule is COc1ccc(C(=O)Cn2nnc(-c3ccncc3)n2)cc1. The Kier molecular flexibility index (Phi) is 3.86. The summed E-state index contributed by atoms with van der Waals surface area (Å²) < 4.78 is 5.06. The lowest BCUT2D eigenvalue weighted by atomic mass is 10.1. The molecule has 3 rings (SSSR count).